The third-order valence-electron chi connectivity index (χ3n) is 4.42. The van der Waals surface area contributed by atoms with Crippen molar-refractivity contribution in [2.75, 3.05) is 11.1 Å². The fraction of sp³-hybridized carbons (Fsp3) is 0.143. The van der Waals surface area contributed by atoms with Crippen LogP contribution in [0.5, 0.6) is 0 Å². The number of aryl methyl sites for hydroxylation is 1. The molecule has 2 aromatic heterocycles. The van der Waals surface area contributed by atoms with Crippen molar-refractivity contribution in [2.45, 2.75) is 18.6 Å². The Morgan fingerprint density at radius 1 is 1.17 bits per heavy atom. The summed E-state index contributed by atoms with van der Waals surface area (Å²) in [6, 6.07) is 19.4. The lowest BCUT2D eigenvalue weighted by atomic mass is 10.3. The second-order valence-corrected chi connectivity index (χ2v) is 7.17. The topological polar surface area (TPSA) is 88.5 Å². The molecule has 0 aliphatic rings. The number of benzene rings is 2. The van der Waals surface area contributed by atoms with Gasteiger partial charge in [0.05, 0.1) is 28.7 Å². The van der Waals surface area contributed by atoms with Crippen molar-refractivity contribution >= 4 is 34.5 Å². The molecule has 0 bridgehead atoms. The zero-order valence-electron chi connectivity index (χ0n) is 15.7. The number of carbonyl (C=O) groups is 1. The number of fused-ring (bicyclic) bond motifs is 1. The van der Waals surface area contributed by atoms with Crippen molar-refractivity contribution in [1.29, 1.82) is 5.26 Å². The van der Waals surface area contributed by atoms with Crippen LogP contribution >= 0.6 is 11.8 Å². The van der Waals surface area contributed by atoms with Crippen LogP contribution in [0.4, 0.5) is 5.82 Å². The number of rotatable bonds is 6. The average molecular weight is 402 g/mol. The van der Waals surface area contributed by atoms with Gasteiger partial charge in [0.15, 0.2) is 11.0 Å². The smallest absolute Gasteiger partial charge is 0.236 e. The van der Waals surface area contributed by atoms with Gasteiger partial charge in [-0.05, 0) is 31.2 Å². The van der Waals surface area contributed by atoms with E-state index in [4.69, 9.17) is 0 Å². The Balaban J connectivity index is 1.53. The molecule has 0 radical (unpaired) electrons. The minimum atomic E-state index is -0.223. The number of imidazole rings is 1. The fourth-order valence-electron chi connectivity index (χ4n) is 3.08. The van der Waals surface area contributed by atoms with E-state index < -0.39 is 0 Å². The summed E-state index contributed by atoms with van der Waals surface area (Å²) in [6.07, 6.45) is 1.45. The van der Waals surface area contributed by atoms with Crippen LogP contribution in [0.1, 0.15) is 12.5 Å². The van der Waals surface area contributed by atoms with Crippen molar-refractivity contribution in [3.8, 4) is 11.8 Å². The monoisotopic (exact) mass is 402 g/mol. The lowest BCUT2D eigenvalue weighted by Gasteiger charge is -2.10. The van der Waals surface area contributed by atoms with Crippen LogP contribution in [-0.2, 0) is 11.3 Å². The summed E-state index contributed by atoms with van der Waals surface area (Å²) in [5.41, 5.74) is 3.04. The summed E-state index contributed by atoms with van der Waals surface area (Å²) < 4.78 is 3.64. The van der Waals surface area contributed by atoms with Crippen molar-refractivity contribution < 1.29 is 4.79 Å². The van der Waals surface area contributed by atoms with E-state index in [0.29, 0.717) is 11.4 Å². The molecule has 7 nitrogen and oxygen atoms in total. The zero-order chi connectivity index (χ0) is 20.2. The van der Waals surface area contributed by atoms with Crippen LogP contribution < -0.4 is 5.32 Å². The molecule has 4 rings (SSSR count). The highest BCUT2D eigenvalue weighted by Crippen LogP contribution is 2.25. The highest BCUT2D eigenvalue weighted by Gasteiger charge is 2.17. The standard InChI is InChI=1S/C21H18N6OS/c1-2-26-18-11-7-6-10-17(18)24-21(26)29-14-19(28)25-20-15(12-22)13-23-27(20)16-8-4-3-5-9-16/h3-11,13H,2,14H2,1H3,(H,25,28). The number of carbonyl (C=O) groups excluding carboxylic acids is 1. The van der Waals surface area contributed by atoms with Crippen molar-refractivity contribution in [3.05, 3.63) is 66.4 Å². The van der Waals surface area contributed by atoms with Gasteiger partial charge in [0.1, 0.15) is 11.6 Å². The summed E-state index contributed by atoms with van der Waals surface area (Å²) in [4.78, 5) is 17.3. The third-order valence-corrected chi connectivity index (χ3v) is 5.39. The molecule has 0 spiro atoms. The van der Waals surface area contributed by atoms with Crippen molar-refractivity contribution in [2.24, 2.45) is 0 Å². The van der Waals surface area contributed by atoms with E-state index in [2.05, 4.69) is 33.0 Å². The highest BCUT2D eigenvalue weighted by atomic mass is 32.2. The summed E-state index contributed by atoms with van der Waals surface area (Å²) in [7, 11) is 0. The zero-order valence-corrected chi connectivity index (χ0v) is 16.6. The quantitative estimate of drug-likeness (QED) is 0.495. The van der Waals surface area contributed by atoms with Gasteiger partial charge in [-0.25, -0.2) is 9.67 Å². The van der Waals surface area contributed by atoms with Gasteiger partial charge in [0.25, 0.3) is 0 Å². The number of hydrogen-bond donors (Lipinski definition) is 1. The van der Waals surface area contributed by atoms with Gasteiger partial charge in [-0.1, -0.05) is 42.1 Å². The molecule has 0 atom stereocenters. The number of nitrogens with zero attached hydrogens (tertiary/aromatic N) is 5. The molecule has 0 unspecified atom stereocenters. The predicted octanol–water partition coefficient (Wildman–Crippen LogP) is 3.84. The van der Waals surface area contributed by atoms with Gasteiger partial charge >= 0.3 is 0 Å². The number of amides is 1. The van der Waals surface area contributed by atoms with E-state index in [1.807, 2.05) is 54.6 Å². The number of nitriles is 1. The SMILES string of the molecule is CCn1c(SCC(=O)Nc2c(C#N)cnn2-c2ccccc2)nc2ccccc21. The molecule has 0 aliphatic carbocycles. The van der Waals surface area contributed by atoms with Crippen LogP contribution in [0.2, 0.25) is 0 Å². The normalized spacial score (nSPS) is 10.8. The molecule has 29 heavy (non-hydrogen) atoms. The summed E-state index contributed by atoms with van der Waals surface area (Å²) in [5, 5.41) is 17.2. The van der Waals surface area contributed by atoms with Gasteiger partial charge in [0.2, 0.25) is 5.91 Å². The second-order valence-electron chi connectivity index (χ2n) is 6.23. The lowest BCUT2D eigenvalue weighted by molar-refractivity contribution is -0.113. The lowest BCUT2D eigenvalue weighted by Crippen LogP contribution is -2.18. The number of anilines is 1. The Kier molecular flexibility index (Phi) is 5.31. The van der Waals surface area contributed by atoms with E-state index in [1.54, 1.807) is 4.68 Å². The molecule has 2 heterocycles. The number of hydrogen-bond acceptors (Lipinski definition) is 5. The van der Waals surface area contributed by atoms with Gasteiger partial charge in [0, 0.05) is 6.54 Å². The Hall–Kier alpha value is -3.57. The first-order valence-corrected chi connectivity index (χ1v) is 10.1. The average Bonchev–Trinajstić information content (AvgIpc) is 3.33. The summed E-state index contributed by atoms with van der Waals surface area (Å²) in [5.74, 6) is 0.320. The van der Waals surface area contributed by atoms with Gasteiger partial charge < -0.3 is 9.88 Å². The third kappa shape index (κ3) is 3.73. The van der Waals surface area contributed by atoms with Crippen LogP contribution in [0.25, 0.3) is 16.7 Å². The molecule has 1 N–H and O–H groups in total. The predicted molar refractivity (Wildman–Crippen MR) is 113 cm³/mol. The van der Waals surface area contributed by atoms with Crippen LogP contribution in [0.3, 0.4) is 0 Å². The van der Waals surface area contributed by atoms with Crippen LogP contribution in [-0.4, -0.2) is 31.0 Å². The molecule has 2 aromatic carbocycles. The highest BCUT2D eigenvalue weighted by molar-refractivity contribution is 7.99. The van der Waals surface area contributed by atoms with Gasteiger partial charge in [-0.3, -0.25) is 4.79 Å². The Morgan fingerprint density at radius 3 is 2.69 bits per heavy atom. The number of para-hydroxylation sites is 3. The molecule has 0 saturated heterocycles. The first-order valence-electron chi connectivity index (χ1n) is 9.12. The van der Waals surface area contributed by atoms with Gasteiger partial charge in [-0.15, -0.1) is 0 Å². The Labute approximate surface area is 172 Å². The molecule has 0 aliphatic heterocycles. The van der Waals surface area contributed by atoms with Crippen LogP contribution in [0.15, 0.2) is 66.0 Å². The molecule has 0 saturated carbocycles. The first kappa shape index (κ1) is 18.8. The van der Waals surface area contributed by atoms with E-state index >= 15 is 0 Å². The maximum atomic E-state index is 12.6. The molecule has 4 aromatic rings. The summed E-state index contributed by atoms with van der Waals surface area (Å²) >= 11 is 1.37. The van der Waals surface area contributed by atoms with E-state index in [1.165, 1.54) is 18.0 Å². The Bertz CT molecular complexity index is 1210. The molecular weight excluding hydrogens is 384 g/mol. The minimum Gasteiger partial charge on any atom is -0.319 e. The second kappa shape index (κ2) is 8.20. The summed E-state index contributed by atoms with van der Waals surface area (Å²) in [6.45, 7) is 2.82. The van der Waals surface area contributed by atoms with Crippen LogP contribution in [0, 0.1) is 11.3 Å². The maximum absolute atomic E-state index is 12.6. The maximum Gasteiger partial charge on any atom is 0.236 e. The molecule has 0 fully saturated rings. The van der Waals surface area contributed by atoms with Gasteiger partial charge in [-0.2, -0.15) is 10.4 Å². The van der Waals surface area contributed by atoms with Crippen molar-refractivity contribution in [3.63, 3.8) is 0 Å². The number of thioether (sulfide) groups is 1. The van der Waals surface area contributed by atoms with E-state index in [0.717, 1.165) is 28.4 Å². The molecular formula is C21H18N6OS. The fourth-order valence-corrected chi connectivity index (χ4v) is 3.96. The number of nitrogens with one attached hydrogen (secondary N) is 1. The molecule has 1 amide bonds. The Morgan fingerprint density at radius 2 is 1.93 bits per heavy atom. The van der Waals surface area contributed by atoms with Crippen molar-refractivity contribution in [1.82, 2.24) is 19.3 Å². The van der Waals surface area contributed by atoms with E-state index in [9.17, 15) is 10.1 Å². The first-order chi connectivity index (χ1) is 14.2. The molecule has 144 valence electrons. The van der Waals surface area contributed by atoms with E-state index in [-0.39, 0.29) is 11.7 Å². The number of aromatic nitrogens is 4. The minimum absolute atomic E-state index is 0.175. The molecule has 8 heteroatoms. The largest absolute Gasteiger partial charge is 0.319 e.